The van der Waals surface area contributed by atoms with Gasteiger partial charge in [-0.2, -0.15) is 4.31 Å². The molecular formula is C9H20N2O3S2. The number of hydrogen-bond donors (Lipinski definition) is 1. The largest absolute Gasteiger partial charge is 0.393 e. The molecule has 0 radical (unpaired) electrons. The van der Waals surface area contributed by atoms with E-state index in [0.717, 1.165) is 0 Å². The molecule has 0 aromatic rings. The molecule has 0 heterocycles. The maximum Gasteiger partial charge on any atom is 0.214 e. The highest BCUT2D eigenvalue weighted by Crippen LogP contribution is 2.04. The van der Waals surface area contributed by atoms with Gasteiger partial charge < -0.3 is 10.5 Å². The van der Waals surface area contributed by atoms with E-state index in [9.17, 15) is 8.42 Å². The van der Waals surface area contributed by atoms with Crippen LogP contribution < -0.4 is 5.73 Å². The van der Waals surface area contributed by atoms with Gasteiger partial charge in [-0.05, 0) is 6.42 Å². The van der Waals surface area contributed by atoms with Crippen molar-refractivity contribution in [1.82, 2.24) is 4.31 Å². The van der Waals surface area contributed by atoms with E-state index in [4.69, 9.17) is 22.7 Å². The van der Waals surface area contributed by atoms with Gasteiger partial charge >= 0.3 is 0 Å². The summed E-state index contributed by atoms with van der Waals surface area (Å²) in [6.07, 6.45) is 1.00. The number of hydrogen-bond acceptors (Lipinski definition) is 4. The predicted molar refractivity (Wildman–Crippen MR) is 68.9 cm³/mol. The zero-order chi connectivity index (χ0) is 12.6. The van der Waals surface area contributed by atoms with Crippen LogP contribution in [0.25, 0.3) is 0 Å². The fraction of sp³-hybridized carbons (Fsp3) is 0.889. The average molecular weight is 268 g/mol. The third-order valence-corrected chi connectivity index (χ3v) is 4.29. The summed E-state index contributed by atoms with van der Waals surface area (Å²) in [5.74, 6) is 0.147. The summed E-state index contributed by atoms with van der Waals surface area (Å²) >= 11 is 4.74. The Morgan fingerprint density at radius 3 is 2.50 bits per heavy atom. The number of ether oxygens (including phenoxy) is 1. The van der Waals surface area contributed by atoms with E-state index in [1.807, 2.05) is 6.92 Å². The third kappa shape index (κ3) is 6.37. The first-order valence-electron chi connectivity index (χ1n) is 5.19. The van der Waals surface area contributed by atoms with Crippen LogP contribution >= 0.6 is 12.2 Å². The first-order chi connectivity index (χ1) is 7.44. The molecule has 0 spiro atoms. The monoisotopic (exact) mass is 268 g/mol. The van der Waals surface area contributed by atoms with Crippen molar-refractivity contribution in [2.45, 2.75) is 19.8 Å². The molecule has 0 unspecified atom stereocenters. The summed E-state index contributed by atoms with van der Waals surface area (Å²) in [5, 5.41) is 0. The molecule has 0 saturated carbocycles. The molecule has 0 atom stereocenters. The van der Waals surface area contributed by atoms with Crippen molar-refractivity contribution in [3.63, 3.8) is 0 Å². The first-order valence-corrected chi connectivity index (χ1v) is 7.20. The fourth-order valence-electron chi connectivity index (χ4n) is 1.21. The number of methoxy groups -OCH3 is 1. The fourth-order valence-corrected chi connectivity index (χ4v) is 2.79. The molecule has 0 aliphatic carbocycles. The number of nitrogens with zero attached hydrogens (tertiary/aromatic N) is 1. The highest BCUT2D eigenvalue weighted by atomic mass is 32.2. The van der Waals surface area contributed by atoms with Crippen LogP contribution in [-0.2, 0) is 14.8 Å². The summed E-state index contributed by atoms with van der Waals surface area (Å²) in [7, 11) is -1.66. The summed E-state index contributed by atoms with van der Waals surface area (Å²) in [4.78, 5) is 0.328. The number of sulfonamides is 1. The Hall–Kier alpha value is -0.240. The van der Waals surface area contributed by atoms with Crippen LogP contribution in [0.2, 0.25) is 0 Å². The quantitative estimate of drug-likeness (QED) is 0.611. The van der Waals surface area contributed by atoms with Gasteiger partial charge in [0, 0.05) is 26.6 Å². The van der Waals surface area contributed by atoms with Crippen LogP contribution in [0.4, 0.5) is 0 Å². The summed E-state index contributed by atoms with van der Waals surface area (Å²) in [6.45, 7) is 2.89. The van der Waals surface area contributed by atoms with Gasteiger partial charge in [0.05, 0.1) is 17.3 Å². The van der Waals surface area contributed by atoms with Crippen molar-refractivity contribution < 1.29 is 13.2 Å². The van der Waals surface area contributed by atoms with Crippen molar-refractivity contribution in [3.05, 3.63) is 0 Å². The second-order valence-electron chi connectivity index (χ2n) is 3.42. The molecule has 7 heteroatoms. The lowest BCUT2D eigenvalue weighted by molar-refractivity contribution is 0.179. The van der Waals surface area contributed by atoms with Gasteiger partial charge in [-0.1, -0.05) is 19.1 Å². The SMILES string of the molecule is CCCS(=O)(=O)N(CCOC)CCC(N)=S. The van der Waals surface area contributed by atoms with Crippen LogP contribution in [-0.4, -0.2) is 50.3 Å². The lowest BCUT2D eigenvalue weighted by Crippen LogP contribution is -2.37. The Morgan fingerprint density at radius 2 is 2.06 bits per heavy atom. The van der Waals surface area contributed by atoms with Crippen molar-refractivity contribution >= 4 is 27.2 Å². The van der Waals surface area contributed by atoms with Crippen molar-refractivity contribution in [2.75, 3.05) is 32.6 Å². The van der Waals surface area contributed by atoms with E-state index >= 15 is 0 Å². The Bertz CT molecular complexity index is 304. The molecule has 0 bridgehead atoms. The molecule has 0 saturated heterocycles. The molecule has 2 N–H and O–H groups in total. The molecule has 96 valence electrons. The minimum absolute atomic E-state index is 0.147. The molecular weight excluding hydrogens is 248 g/mol. The van der Waals surface area contributed by atoms with Gasteiger partial charge in [-0.3, -0.25) is 0 Å². The van der Waals surface area contributed by atoms with E-state index in [1.165, 1.54) is 11.4 Å². The Labute approximate surface area is 103 Å². The molecule has 0 amide bonds. The van der Waals surface area contributed by atoms with Gasteiger partial charge in [0.1, 0.15) is 0 Å². The van der Waals surface area contributed by atoms with Gasteiger partial charge in [-0.25, -0.2) is 8.42 Å². The number of thiocarbonyl (C=S) groups is 1. The van der Waals surface area contributed by atoms with Crippen LogP contribution in [0.3, 0.4) is 0 Å². The smallest absolute Gasteiger partial charge is 0.214 e. The van der Waals surface area contributed by atoms with Crippen LogP contribution in [0.5, 0.6) is 0 Å². The molecule has 0 aromatic heterocycles. The van der Waals surface area contributed by atoms with E-state index in [0.29, 0.717) is 37.5 Å². The molecule has 0 aliphatic heterocycles. The van der Waals surface area contributed by atoms with Gasteiger partial charge in [0.15, 0.2) is 0 Å². The van der Waals surface area contributed by atoms with Crippen molar-refractivity contribution in [1.29, 1.82) is 0 Å². The van der Waals surface area contributed by atoms with Crippen LogP contribution in [0, 0.1) is 0 Å². The van der Waals surface area contributed by atoms with E-state index in [-0.39, 0.29) is 5.75 Å². The zero-order valence-electron chi connectivity index (χ0n) is 9.81. The minimum atomic E-state index is -3.20. The van der Waals surface area contributed by atoms with Crippen molar-refractivity contribution in [3.8, 4) is 0 Å². The maximum atomic E-state index is 11.8. The normalized spacial score (nSPS) is 11.9. The molecule has 5 nitrogen and oxygen atoms in total. The highest BCUT2D eigenvalue weighted by Gasteiger charge is 2.20. The Kier molecular flexibility index (Phi) is 7.82. The standard InChI is InChI=1S/C9H20N2O3S2/c1-3-8-16(12,13)11(6-7-14-2)5-4-9(10)15/h3-8H2,1-2H3,(H2,10,15). The van der Waals surface area contributed by atoms with Gasteiger partial charge in [-0.15, -0.1) is 0 Å². The lowest BCUT2D eigenvalue weighted by atomic mass is 10.4. The Balaban J connectivity index is 4.45. The number of nitrogens with two attached hydrogens (primary N) is 1. The van der Waals surface area contributed by atoms with Crippen LogP contribution in [0.15, 0.2) is 0 Å². The lowest BCUT2D eigenvalue weighted by Gasteiger charge is -2.21. The second-order valence-corrected chi connectivity index (χ2v) is 6.04. The second kappa shape index (κ2) is 7.94. The average Bonchev–Trinajstić information content (AvgIpc) is 2.16. The molecule has 0 fully saturated rings. The summed E-state index contributed by atoms with van der Waals surface area (Å²) < 4.78 is 29.9. The molecule has 0 aromatic carbocycles. The molecule has 0 rings (SSSR count). The number of rotatable bonds is 9. The maximum absolute atomic E-state index is 11.8. The van der Waals surface area contributed by atoms with Crippen molar-refractivity contribution in [2.24, 2.45) is 5.73 Å². The minimum Gasteiger partial charge on any atom is -0.393 e. The summed E-state index contributed by atoms with van der Waals surface area (Å²) in [6, 6.07) is 0. The first kappa shape index (κ1) is 15.8. The van der Waals surface area contributed by atoms with Crippen LogP contribution in [0.1, 0.15) is 19.8 Å². The Morgan fingerprint density at radius 1 is 1.44 bits per heavy atom. The molecule has 0 aliphatic rings. The summed E-state index contributed by atoms with van der Waals surface area (Å²) in [5.41, 5.74) is 5.37. The van der Waals surface area contributed by atoms with E-state index in [1.54, 1.807) is 0 Å². The molecule has 16 heavy (non-hydrogen) atoms. The predicted octanol–water partition coefficient (Wildman–Crippen LogP) is 0.351. The third-order valence-electron chi connectivity index (χ3n) is 2.01. The zero-order valence-corrected chi connectivity index (χ0v) is 11.4. The van der Waals surface area contributed by atoms with E-state index < -0.39 is 10.0 Å². The highest BCUT2D eigenvalue weighted by molar-refractivity contribution is 7.89. The van der Waals surface area contributed by atoms with Gasteiger partial charge in [0.2, 0.25) is 10.0 Å². The van der Waals surface area contributed by atoms with Gasteiger partial charge in [0.25, 0.3) is 0 Å². The topological polar surface area (TPSA) is 72.6 Å². The van der Waals surface area contributed by atoms with E-state index in [2.05, 4.69) is 0 Å².